The molecule has 0 saturated heterocycles. The molecule has 6 heteroatoms. The monoisotopic (exact) mass is 264 g/mol. The molecule has 5 nitrogen and oxygen atoms in total. The fourth-order valence-electron chi connectivity index (χ4n) is 1.18. The van der Waals surface area contributed by atoms with Gasteiger partial charge in [-0.15, -0.1) is 0 Å². The number of hydrogen-bond acceptors (Lipinski definition) is 4. The van der Waals surface area contributed by atoms with Gasteiger partial charge >= 0.3 is 0 Å². The van der Waals surface area contributed by atoms with Crippen LogP contribution in [0.5, 0.6) is 0 Å². The second-order valence-electron chi connectivity index (χ2n) is 3.40. The van der Waals surface area contributed by atoms with Crippen molar-refractivity contribution in [3.8, 4) is 17.9 Å². The van der Waals surface area contributed by atoms with E-state index in [0.717, 1.165) is 11.1 Å². The molecule has 0 fully saturated rings. The van der Waals surface area contributed by atoms with E-state index in [4.69, 9.17) is 10.4 Å². The second kappa shape index (κ2) is 6.77. The Kier molecular flexibility index (Phi) is 5.34. The average molecular weight is 264 g/mol. The minimum atomic E-state index is -3.53. The summed E-state index contributed by atoms with van der Waals surface area (Å²) in [6.07, 6.45) is 0. The smallest absolute Gasteiger partial charge is 0.225 e. The topological polar surface area (TPSA) is 90.2 Å². The van der Waals surface area contributed by atoms with Gasteiger partial charge < -0.3 is 5.11 Å². The van der Waals surface area contributed by atoms with E-state index < -0.39 is 15.8 Å². The molecular weight excluding hydrogens is 252 g/mol. The van der Waals surface area contributed by atoms with E-state index in [1.807, 2.05) is 0 Å². The first-order valence-corrected chi connectivity index (χ1v) is 6.75. The van der Waals surface area contributed by atoms with Crippen LogP contribution in [0.4, 0.5) is 0 Å². The van der Waals surface area contributed by atoms with Gasteiger partial charge in [-0.25, -0.2) is 13.1 Å². The number of aliphatic hydroxyl groups excluding tert-OH is 1. The van der Waals surface area contributed by atoms with Crippen LogP contribution < -0.4 is 4.72 Å². The fraction of sp³-hybridized carbons (Fsp3) is 0.250. The van der Waals surface area contributed by atoms with E-state index in [9.17, 15) is 8.42 Å². The Morgan fingerprint density at radius 1 is 1.28 bits per heavy atom. The van der Waals surface area contributed by atoms with Crippen LogP contribution in [0, 0.1) is 23.2 Å². The van der Waals surface area contributed by atoms with Gasteiger partial charge in [0.25, 0.3) is 0 Å². The molecule has 0 unspecified atom stereocenters. The molecular formula is C12H12N2O3S. The molecule has 0 spiro atoms. The highest BCUT2D eigenvalue weighted by molar-refractivity contribution is 7.89. The summed E-state index contributed by atoms with van der Waals surface area (Å²) in [5.41, 5.74) is 1.51. The van der Waals surface area contributed by atoms with Gasteiger partial charge in [-0.1, -0.05) is 24.0 Å². The number of rotatable bonds is 4. The van der Waals surface area contributed by atoms with Crippen molar-refractivity contribution in [1.82, 2.24) is 4.72 Å². The molecule has 0 atom stereocenters. The summed E-state index contributed by atoms with van der Waals surface area (Å²) in [5.74, 6) is 4.70. The SMILES string of the molecule is N#CCS(=O)(=O)NCc1ccc(C#CCO)cc1. The van der Waals surface area contributed by atoms with Crippen molar-refractivity contribution >= 4 is 10.0 Å². The van der Waals surface area contributed by atoms with Crippen molar-refractivity contribution < 1.29 is 13.5 Å². The van der Waals surface area contributed by atoms with Crippen LogP contribution in [-0.4, -0.2) is 25.9 Å². The van der Waals surface area contributed by atoms with Gasteiger partial charge in [-0.2, -0.15) is 5.26 Å². The van der Waals surface area contributed by atoms with Crippen LogP contribution >= 0.6 is 0 Å². The largest absolute Gasteiger partial charge is 0.384 e. The zero-order chi connectivity index (χ0) is 13.4. The van der Waals surface area contributed by atoms with Crippen LogP contribution in [0.3, 0.4) is 0 Å². The van der Waals surface area contributed by atoms with Crippen LogP contribution in [0.15, 0.2) is 24.3 Å². The van der Waals surface area contributed by atoms with Crippen molar-refractivity contribution in [1.29, 1.82) is 5.26 Å². The predicted octanol–water partition coefficient (Wildman–Crippen LogP) is -0.0266. The third-order valence-corrected chi connectivity index (χ3v) is 3.11. The minimum Gasteiger partial charge on any atom is -0.384 e. The third kappa shape index (κ3) is 4.98. The lowest BCUT2D eigenvalue weighted by Crippen LogP contribution is -2.25. The van der Waals surface area contributed by atoms with Crippen LogP contribution in [-0.2, 0) is 16.6 Å². The predicted molar refractivity (Wildman–Crippen MR) is 66.6 cm³/mol. The Hall–Kier alpha value is -1.86. The quantitative estimate of drug-likeness (QED) is 0.747. The zero-order valence-electron chi connectivity index (χ0n) is 9.55. The summed E-state index contributed by atoms with van der Waals surface area (Å²) >= 11 is 0. The van der Waals surface area contributed by atoms with Crippen molar-refractivity contribution in [2.75, 3.05) is 12.4 Å². The highest BCUT2D eigenvalue weighted by Crippen LogP contribution is 2.03. The number of nitriles is 1. The third-order valence-electron chi connectivity index (χ3n) is 2.02. The molecule has 0 amide bonds. The molecule has 0 aliphatic rings. The van der Waals surface area contributed by atoms with Gasteiger partial charge in [0.05, 0.1) is 6.07 Å². The maximum absolute atomic E-state index is 11.2. The molecule has 0 saturated carbocycles. The second-order valence-corrected chi connectivity index (χ2v) is 5.20. The Bertz CT molecular complexity index is 589. The van der Waals surface area contributed by atoms with Crippen molar-refractivity contribution in [3.63, 3.8) is 0 Å². The van der Waals surface area contributed by atoms with Gasteiger partial charge in [0.15, 0.2) is 5.75 Å². The van der Waals surface area contributed by atoms with Crippen LogP contribution in [0.2, 0.25) is 0 Å². The standard InChI is InChI=1S/C12H12N2O3S/c13-7-9-18(16,17)14-10-12-5-3-11(4-6-12)2-1-8-15/h3-6,14-15H,8-10H2. The van der Waals surface area contributed by atoms with Gasteiger partial charge in [0, 0.05) is 12.1 Å². The lowest BCUT2D eigenvalue weighted by molar-refractivity contribution is 0.350. The first-order chi connectivity index (χ1) is 8.57. The Labute approximate surface area is 106 Å². The average Bonchev–Trinajstić information content (AvgIpc) is 2.35. The van der Waals surface area contributed by atoms with E-state index in [1.54, 1.807) is 30.3 Å². The highest BCUT2D eigenvalue weighted by Gasteiger charge is 2.08. The molecule has 0 aliphatic carbocycles. The van der Waals surface area contributed by atoms with E-state index in [0.29, 0.717) is 0 Å². The van der Waals surface area contributed by atoms with Crippen molar-refractivity contribution in [2.24, 2.45) is 0 Å². The van der Waals surface area contributed by atoms with Gasteiger partial charge in [-0.3, -0.25) is 0 Å². The van der Waals surface area contributed by atoms with Crippen LogP contribution in [0.1, 0.15) is 11.1 Å². The van der Waals surface area contributed by atoms with E-state index in [1.165, 1.54) is 0 Å². The number of nitrogens with one attached hydrogen (secondary N) is 1. The molecule has 0 aliphatic heterocycles. The molecule has 0 bridgehead atoms. The molecule has 1 aromatic carbocycles. The summed E-state index contributed by atoms with van der Waals surface area (Å²) in [7, 11) is -3.53. The zero-order valence-corrected chi connectivity index (χ0v) is 10.4. The molecule has 1 rings (SSSR count). The number of hydrogen-bond donors (Lipinski definition) is 2. The molecule has 0 radical (unpaired) electrons. The van der Waals surface area contributed by atoms with E-state index >= 15 is 0 Å². The maximum atomic E-state index is 11.2. The summed E-state index contributed by atoms with van der Waals surface area (Å²) in [4.78, 5) is 0. The summed E-state index contributed by atoms with van der Waals surface area (Å²) in [6, 6.07) is 8.51. The fourth-order valence-corrected chi connectivity index (χ4v) is 1.84. The van der Waals surface area contributed by atoms with Crippen molar-refractivity contribution in [2.45, 2.75) is 6.54 Å². The van der Waals surface area contributed by atoms with Crippen molar-refractivity contribution in [3.05, 3.63) is 35.4 Å². The lowest BCUT2D eigenvalue weighted by atomic mass is 10.1. The highest BCUT2D eigenvalue weighted by atomic mass is 32.2. The van der Waals surface area contributed by atoms with Gasteiger partial charge in [-0.05, 0) is 17.7 Å². The molecule has 94 valence electrons. The van der Waals surface area contributed by atoms with E-state index in [-0.39, 0.29) is 13.2 Å². The molecule has 1 aromatic rings. The van der Waals surface area contributed by atoms with Crippen LogP contribution in [0.25, 0.3) is 0 Å². The maximum Gasteiger partial charge on any atom is 0.225 e. The normalized spacial score (nSPS) is 10.2. The summed E-state index contributed by atoms with van der Waals surface area (Å²) in [5, 5.41) is 16.8. The first kappa shape index (κ1) is 14.2. The Balaban J connectivity index is 2.63. The minimum absolute atomic E-state index is 0.137. The number of aliphatic hydroxyl groups is 1. The molecule has 18 heavy (non-hydrogen) atoms. The lowest BCUT2D eigenvalue weighted by Gasteiger charge is -2.03. The Morgan fingerprint density at radius 3 is 2.50 bits per heavy atom. The number of sulfonamides is 1. The summed E-state index contributed by atoms with van der Waals surface area (Å²) < 4.78 is 24.8. The number of nitrogens with zero attached hydrogens (tertiary/aromatic N) is 1. The van der Waals surface area contributed by atoms with Gasteiger partial charge in [0.1, 0.15) is 6.61 Å². The molecule has 0 heterocycles. The van der Waals surface area contributed by atoms with Gasteiger partial charge in [0.2, 0.25) is 10.0 Å². The number of benzene rings is 1. The molecule has 2 N–H and O–H groups in total. The first-order valence-electron chi connectivity index (χ1n) is 5.10. The molecule has 0 aromatic heterocycles. The summed E-state index contributed by atoms with van der Waals surface area (Å²) in [6.45, 7) is -0.0621. The van der Waals surface area contributed by atoms with E-state index in [2.05, 4.69) is 16.6 Å². The Morgan fingerprint density at radius 2 is 1.94 bits per heavy atom.